The molecule has 0 bridgehead atoms. The topological polar surface area (TPSA) is 61.2 Å². The number of hydrogen-bond acceptors (Lipinski definition) is 5. The molecule has 1 aliphatic heterocycles. The van der Waals surface area contributed by atoms with Gasteiger partial charge in [0.05, 0.1) is 6.54 Å². The molecule has 0 fully saturated rings. The van der Waals surface area contributed by atoms with Crippen molar-refractivity contribution in [3.8, 4) is 11.5 Å². The number of ether oxygens (including phenoxy) is 2. The Hall–Kier alpha value is -2.08. The van der Waals surface area contributed by atoms with Crippen molar-refractivity contribution < 1.29 is 9.47 Å². The lowest BCUT2D eigenvalue weighted by Gasteiger charge is -2.21. The molecule has 0 amide bonds. The van der Waals surface area contributed by atoms with Gasteiger partial charge in [0.15, 0.2) is 11.5 Å². The van der Waals surface area contributed by atoms with Crippen molar-refractivity contribution in [3.05, 3.63) is 35.4 Å². The molecule has 1 aromatic heterocycles. The zero-order valence-electron chi connectivity index (χ0n) is 14.0. The second kappa shape index (κ2) is 7.00. The Balaban J connectivity index is 1.66. The van der Waals surface area contributed by atoms with E-state index in [2.05, 4.69) is 40.0 Å². The summed E-state index contributed by atoms with van der Waals surface area (Å²) in [6.07, 6.45) is 1.07. The third-order valence-corrected chi connectivity index (χ3v) is 4.09. The van der Waals surface area contributed by atoms with Crippen LogP contribution in [0.4, 0.5) is 0 Å². The molecule has 1 aliphatic rings. The monoisotopic (exact) mass is 316 g/mol. The molecule has 6 heteroatoms. The molecule has 6 nitrogen and oxygen atoms in total. The van der Waals surface area contributed by atoms with Crippen LogP contribution in [-0.4, -0.2) is 28.0 Å². The quantitative estimate of drug-likeness (QED) is 0.887. The molecule has 0 spiro atoms. The zero-order valence-corrected chi connectivity index (χ0v) is 14.0. The minimum absolute atomic E-state index is 0.193. The lowest BCUT2D eigenvalue weighted by atomic mass is 10.1. The highest BCUT2D eigenvalue weighted by atomic mass is 16.6. The van der Waals surface area contributed by atoms with E-state index < -0.39 is 0 Å². The Bertz CT molecular complexity index is 669. The number of nitrogens with zero attached hydrogens (tertiary/aromatic N) is 3. The summed E-state index contributed by atoms with van der Waals surface area (Å²) in [5.74, 6) is 3.60. The molecule has 0 saturated heterocycles. The molecule has 2 aromatic rings. The predicted molar refractivity (Wildman–Crippen MR) is 87.7 cm³/mol. The summed E-state index contributed by atoms with van der Waals surface area (Å²) in [6, 6.07) is 6.30. The molecule has 124 valence electrons. The molecule has 0 radical (unpaired) electrons. The Labute approximate surface area is 136 Å². The highest BCUT2D eigenvalue weighted by molar-refractivity contribution is 5.44. The van der Waals surface area contributed by atoms with Crippen molar-refractivity contribution in [2.24, 2.45) is 0 Å². The predicted octanol–water partition coefficient (Wildman–Crippen LogP) is 2.62. The Morgan fingerprint density at radius 3 is 2.78 bits per heavy atom. The minimum atomic E-state index is 0.193. The maximum atomic E-state index is 5.65. The van der Waals surface area contributed by atoms with Crippen LogP contribution in [0, 0.1) is 6.92 Å². The van der Waals surface area contributed by atoms with Gasteiger partial charge in [0.1, 0.15) is 24.9 Å². The SMILES string of the molecule is CCCn1c(C)nnc1CNC(C)c1ccc2c(c1)OCCO2. The van der Waals surface area contributed by atoms with Crippen molar-refractivity contribution in [1.82, 2.24) is 20.1 Å². The summed E-state index contributed by atoms with van der Waals surface area (Å²) >= 11 is 0. The molecule has 1 unspecified atom stereocenters. The first-order chi connectivity index (χ1) is 11.2. The van der Waals surface area contributed by atoms with Crippen LogP contribution in [0.25, 0.3) is 0 Å². The Morgan fingerprint density at radius 2 is 2.00 bits per heavy atom. The third-order valence-electron chi connectivity index (χ3n) is 4.09. The van der Waals surface area contributed by atoms with Crippen LogP contribution in [0.15, 0.2) is 18.2 Å². The van der Waals surface area contributed by atoms with Gasteiger partial charge in [-0.25, -0.2) is 0 Å². The Kier molecular flexibility index (Phi) is 4.81. The first-order valence-electron chi connectivity index (χ1n) is 8.20. The molecule has 23 heavy (non-hydrogen) atoms. The van der Waals surface area contributed by atoms with Crippen molar-refractivity contribution in [1.29, 1.82) is 0 Å². The van der Waals surface area contributed by atoms with Gasteiger partial charge in [0.25, 0.3) is 0 Å². The van der Waals surface area contributed by atoms with Crippen molar-refractivity contribution >= 4 is 0 Å². The van der Waals surface area contributed by atoms with E-state index in [1.807, 2.05) is 19.1 Å². The van der Waals surface area contributed by atoms with Gasteiger partial charge in [-0.3, -0.25) is 0 Å². The maximum Gasteiger partial charge on any atom is 0.161 e. The first kappa shape index (κ1) is 15.8. The summed E-state index contributed by atoms with van der Waals surface area (Å²) in [6.45, 7) is 9.17. The number of hydrogen-bond donors (Lipinski definition) is 1. The van der Waals surface area contributed by atoms with Gasteiger partial charge in [-0.15, -0.1) is 10.2 Å². The molecule has 0 saturated carbocycles. The fraction of sp³-hybridized carbons (Fsp3) is 0.529. The molecular formula is C17H24N4O2. The van der Waals surface area contributed by atoms with Gasteiger partial charge < -0.3 is 19.4 Å². The van der Waals surface area contributed by atoms with Gasteiger partial charge in [-0.05, 0) is 38.0 Å². The summed E-state index contributed by atoms with van der Waals surface area (Å²) in [5.41, 5.74) is 1.17. The van der Waals surface area contributed by atoms with Crippen molar-refractivity contribution in [2.45, 2.75) is 46.3 Å². The van der Waals surface area contributed by atoms with Gasteiger partial charge in [0.2, 0.25) is 0 Å². The average Bonchev–Trinajstić information content (AvgIpc) is 2.93. The molecule has 2 heterocycles. The summed E-state index contributed by atoms with van der Waals surface area (Å²) < 4.78 is 13.4. The summed E-state index contributed by atoms with van der Waals surface area (Å²) in [7, 11) is 0. The standard InChI is InChI=1S/C17H24N4O2/c1-4-7-21-13(3)19-20-17(21)11-18-12(2)14-5-6-15-16(10-14)23-9-8-22-15/h5-6,10,12,18H,4,7-9,11H2,1-3H3. The van der Waals surface area contributed by atoms with Crippen LogP contribution in [0.5, 0.6) is 11.5 Å². The van der Waals surface area contributed by atoms with Crippen LogP contribution < -0.4 is 14.8 Å². The van der Waals surface area contributed by atoms with Crippen LogP contribution in [0.1, 0.15) is 43.5 Å². The van der Waals surface area contributed by atoms with Crippen molar-refractivity contribution in [2.75, 3.05) is 13.2 Å². The second-order valence-electron chi connectivity index (χ2n) is 5.82. The second-order valence-corrected chi connectivity index (χ2v) is 5.82. The molecule has 3 rings (SSSR count). The number of aromatic nitrogens is 3. The highest BCUT2D eigenvalue weighted by Gasteiger charge is 2.15. The van der Waals surface area contributed by atoms with Gasteiger partial charge in [-0.1, -0.05) is 13.0 Å². The maximum absolute atomic E-state index is 5.65. The van der Waals surface area contributed by atoms with E-state index in [4.69, 9.17) is 9.47 Å². The lowest BCUT2D eigenvalue weighted by molar-refractivity contribution is 0.171. The molecule has 0 aliphatic carbocycles. The molecule has 1 aromatic carbocycles. The van der Waals surface area contributed by atoms with Gasteiger partial charge in [0, 0.05) is 12.6 Å². The minimum Gasteiger partial charge on any atom is -0.486 e. The first-order valence-corrected chi connectivity index (χ1v) is 8.20. The smallest absolute Gasteiger partial charge is 0.161 e. The van der Waals surface area contributed by atoms with E-state index in [0.29, 0.717) is 19.8 Å². The molecule has 1 N–H and O–H groups in total. The van der Waals surface area contributed by atoms with Crippen LogP contribution >= 0.6 is 0 Å². The molecule has 1 atom stereocenters. The fourth-order valence-electron chi connectivity index (χ4n) is 2.76. The fourth-order valence-corrected chi connectivity index (χ4v) is 2.76. The summed E-state index contributed by atoms with van der Waals surface area (Å²) in [4.78, 5) is 0. The summed E-state index contributed by atoms with van der Waals surface area (Å²) in [5, 5.41) is 12.0. The van der Waals surface area contributed by atoms with Crippen LogP contribution in [-0.2, 0) is 13.1 Å². The van der Waals surface area contributed by atoms with Crippen molar-refractivity contribution in [3.63, 3.8) is 0 Å². The molecular weight excluding hydrogens is 292 g/mol. The van der Waals surface area contributed by atoms with Crippen LogP contribution in [0.2, 0.25) is 0 Å². The highest BCUT2D eigenvalue weighted by Crippen LogP contribution is 2.32. The van der Waals surface area contributed by atoms with Gasteiger partial charge in [-0.2, -0.15) is 0 Å². The number of aryl methyl sites for hydroxylation is 1. The average molecular weight is 316 g/mol. The zero-order chi connectivity index (χ0) is 16.2. The van der Waals surface area contributed by atoms with Crippen LogP contribution in [0.3, 0.4) is 0 Å². The number of fused-ring (bicyclic) bond motifs is 1. The van der Waals surface area contributed by atoms with E-state index in [9.17, 15) is 0 Å². The third kappa shape index (κ3) is 3.47. The number of benzene rings is 1. The van der Waals surface area contributed by atoms with E-state index in [0.717, 1.165) is 36.1 Å². The van der Waals surface area contributed by atoms with E-state index in [1.54, 1.807) is 0 Å². The van der Waals surface area contributed by atoms with E-state index in [-0.39, 0.29) is 6.04 Å². The van der Waals surface area contributed by atoms with Gasteiger partial charge >= 0.3 is 0 Å². The number of rotatable bonds is 6. The number of nitrogens with one attached hydrogen (secondary N) is 1. The Morgan fingerprint density at radius 1 is 1.22 bits per heavy atom. The lowest BCUT2D eigenvalue weighted by Crippen LogP contribution is -2.22. The normalized spacial score (nSPS) is 14.7. The largest absolute Gasteiger partial charge is 0.486 e. The van der Waals surface area contributed by atoms with E-state index >= 15 is 0 Å². The van der Waals surface area contributed by atoms with E-state index in [1.165, 1.54) is 5.56 Å².